The van der Waals surface area contributed by atoms with E-state index >= 15 is 0 Å². The zero-order chi connectivity index (χ0) is 21.2. The highest BCUT2D eigenvalue weighted by Gasteiger charge is 2.44. The Labute approximate surface area is 184 Å². The topological polar surface area (TPSA) is 45.2 Å². The highest BCUT2D eigenvalue weighted by molar-refractivity contribution is 5.94. The Morgan fingerprint density at radius 2 is 1.84 bits per heavy atom. The average molecular weight is 412 g/mol. The maximum absolute atomic E-state index is 12.7. The Hall–Kier alpha value is -2.98. The first kappa shape index (κ1) is 20.0. The number of hydrogen-bond donors (Lipinski definition) is 1. The van der Waals surface area contributed by atoms with Crippen LogP contribution in [-0.4, -0.2) is 34.4 Å². The lowest BCUT2D eigenvalue weighted by Crippen LogP contribution is -2.39. The molecule has 0 bridgehead atoms. The van der Waals surface area contributed by atoms with E-state index < -0.39 is 0 Å². The van der Waals surface area contributed by atoms with E-state index in [9.17, 15) is 4.79 Å². The number of rotatable bonds is 5. The number of likely N-dealkylation sites (tertiary alicyclic amines) is 1. The Kier molecular flexibility index (Phi) is 5.56. The molecule has 31 heavy (non-hydrogen) atoms. The number of aromatic nitrogens is 1. The van der Waals surface area contributed by atoms with Crippen LogP contribution in [-0.2, 0) is 6.54 Å². The Balaban J connectivity index is 1.24. The van der Waals surface area contributed by atoms with Crippen LogP contribution < -0.4 is 5.32 Å². The van der Waals surface area contributed by atoms with Crippen molar-refractivity contribution >= 4 is 5.91 Å². The van der Waals surface area contributed by atoms with Crippen LogP contribution in [0, 0.1) is 12.8 Å². The van der Waals surface area contributed by atoms with Crippen LogP contribution in [0.3, 0.4) is 0 Å². The molecule has 3 atom stereocenters. The zero-order valence-corrected chi connectivity index (χ0v) is 18.0. The molecule has 1 saturated heterocycles. The zero-order valence-electron chi connectivity index (χ0n) is 18.0. The fraction of sp³-hybridized carbons (Fsp3) is 0.333. The van der Waals surface area contributed by atoms with Crippen LogP contribution in [0.5, 0.6) is 0 Å². The van der Waals surface area contributed by atoms with Crippen molar-refractivity contribution in [2.45, 2.75) is 44.8 Å². The van der Waals surface area contributed by atoms with Gasteiger partial charge in [-0.2, -0.15) is 0 Å². The first-order chi connectivity index (χ1) is 15.2. The molecule has 1 aliphatic carbocycles. The minimum absolute atomic E-state index is 0.0101. The molecule has 4 heteroatoms. The summed E-state index contributed by atoms with van der Waals surface area (Å²) in [5.41, 5.74) is 5.58. The summed E-state index contributed by atoms with van der Waals surface area (Å²) in [6.07, 6.45) is 6.81. The molecule has 2 heterocycles. The molecule has 2 fully saturated rings. The van der Waals surface area contributed by atoms with Crippen molar-refractivity contribution in [3.05, 3.63) is 89.7 Å². The number of nitrogens with zero attached hydrogens (tertiary/aromatic N) is 2. The van der Waals surface area contributed by atoms with Gasteiger partial charge in [0.25, 0.3) is 5.91 Å². The molecule has 2 aliphatic rings. The van der Waals surface area contributed by atoms with Crippen molar-refractivity contribution in [2.24, 2.45) is 5.92 Å². The summed E-state index contributed by atoms with van der Waals surface area (Å²) in [7, 11) is 0. The molecule has 4 nitrogen and oxygen atoms in total. The molecule has 1 amide bonds. The number of fused-ring (bicyclic) bond motifs is 1. The summed E-state index contributed by atoms with van der Waals surface area (Å²) in [6.45, 7) is 4.05. The van der Waals surface area contributed by atoms with E-state index in [0.29, 0.717) is 17.5 Å². The molecule has 0 spiro atoms. The van der Waals surface area contributed by atoms with Gasteiger partial charge in [0.1, 0.15) is 0 Å². The molecule has 0 radical (unpaired) electrons. The molecule has 3 unspecified atom stereocenters. The lowest BCUT2D eigenvalue weighted by molar-refractivity contribution is 0.0926. The predicted octanol–water partition coefficient (Wildman–Crippen LogP) is 4.84. The van der Waals surface area contributed by atoms with Crippen LogP contribution >= 0.6 is 0 Å². The second-order valence-corrected chi connectivity index (χ2v) is 8.97. The minimum atomic E-state index is 0.0101. The summed E-state index contributed by atoms with van der Waals surface area (Å²) in [4.78, 5) is 19.5. The number of benzene rings is 2. The number of pyridine rings is 1. The normalized spacial score (nSPS) is 22.9. The Morgan fingerprint density at radius 1 is 1.00 bits per heavy atom. The van der Waals surface area contributed by atoms with Gasteiger partial charge < -0.3 is 5.32 Å². The van der Waals surface area contributed by atoms with Crippen LogP contribution in [0.4, 0.5) is 0 Å². The maximum Gasteiger partial charge on any atom is 0.253 e. The van der Waals surface area contributed by atoms with Crippen LogP contribution in [0.2, 0.25) is 0 Å². The van der Waals surface area contributed by atoms with Gasteiger partial charge in [-0.15, -0.1) is 0 Å². The molecule has 1 aliphatic heterocycles. The van der Waals surface area contributed by atoms with Crippen molar-refractivity contribution in [1.29, 1.82) is 0 Å². The third kappa shape index (κ3) is 4.26. The number of carbonyl (C=O) groups excluding carboxylic acids is 1. The fourth-order valence-corrected chi connectivity index (χ4v) is 5.40. The number of aryl methyl sites for hydroxylation is 1. The predicted molar refractivity (Wildman–Crippen MR) is 124 cm³/mol. The lowest BCUT2D eigenvalue weighted by Gasteiger charge is -2.25. The Morgan fingerprint density at radius 3 is 2.68 bits per heavy atom. The quantitative estimate of drug-likeness (QED) is 0.653. The first-order valence-electron chi connectivity index (χ1n) is 11.3. The number of carbonyl (C=O) groups is 1. The smallest absolute Gasteiger partial charge is 0.253 e. The second kappa shape index (κ2) is 8.64. The molecular weight excluding hydrogens is 382 g/mol. The summed E-state index contributed by atoms with van der Waals surface area (Å²) in [6, 6.07) is 22.2. The highest BCUT2D eigenvalue weighted by Crippen LogP contribution is 2.39. The fourth-order valence-electron chi connectivity index (χ4n) is 5.40. The lowest BCUT2D eigenvalue weighted by atomic mass is 9.99. The van der Waals surface area contributed by atoms with E-state index in [4.69, 9.17) is 0 Å². The van der Waals surface area contributed by atoms with Gasteiger partial charge in [-0.05, 0) is 73.0 Å². The molecule has 158 valence electrons. The number of nitrogens with one attached hydrogen (secondary N) is 1. The molecule has 1 N–H and O–H groups in total. The maximum atomic E-state index is 12.7. The third-order valence-electron chi connectivity index (χ3n) is 6.88. The van der Waals surface area contributed by atoms with Crippen molar-refractivity contribution in [2.75, 3.05) is 6.54 Å². The van der Waals surface area contributed by atoms with E-state index in [0.717, 1.165) is 37.9 Å². The van der Waals surface area contributed by atoms with Crippen molar-refractivity contribution in [3.8, 4) is 11.1 Å². The van der Waals surface area contributed by atoms with E-state index in [-0.39, 0.29) is 11.9 Å². The molecular formula is C27H29N3O. The largest absolute Gasteiger partial charge is 0.349 e. The molecule has 3 aromatic rings. The average Bonchev–Trinajstić information content (AvgIpc) is 3.38. The van der Waals surface area contributed by atoms with Crippen molar-refractivity contribution in [1.82, 2.24) is 15.2 Å². The first-order valence-corrected chi connectivity index (χ1v) is 11.3. The highest BCUT2D eigenvalue weighted by atomic mass is 16.1. The van der Waals surface area contributed by atoms with Gasteiger partial charge in [-0.25, -0.2) is 0 Å². The SMILES string of the molecule is Cc1cncc(C(=O)NC2CCC3C2CCN3Cc2cccc(-c3ccccc3)c2)c1. The van der Waals surface area contributed by atoms with Gasteiger partial charge in [-0.3, -0.25) is 14.7 Å². The summed E-state index contributed by atoms with van der Waals surface area (Å²) in [5.74, 6) is 0.551. The van der Waals surface area contributed by atoms with Crippen LogP contribution in [0.15, 0.2) is 73.1 Å². The van der Waals surface area contributed by atoms with Crippen molar-refractivity contribution < 1.29 is 4.79 Å². The van der Waals surface area contributed by atoms with Gasteiger partial charge in [0.2, 0.25) is 0 Å². The summed E-state index contributed by atoms with van der Waals surface area (Å²) >= 11 is 0. The van der Waals surface area contributed by atoms with E-state index in [1.165, 1.54) is 16.7 Å². The van der Waals surface area contributed by atoms with Gasteiger partial charge >= 0.3 is 0 Å². The van der Waals surface area contributed by atoms with Crippen molar-refractivity contribution in [3.63, 3.8) is 0 Å². The van der Waals surface area contributed by atoms with Gasteiger partial charge in [0.05, 0.1) is 5.56 Å². The van der Waals surface area contributed by atoms with E-state index in [2.05, 4.69) is 69.8 Å². The van der Waals surface area contributed by atoms with Gasteiger partial charge in [0.15, 0.2) is 0 Å². The van der Waals surface area contributed by atoms with E-state index in [1.807, 2.05) is 13.0 Å². The minimum Gasteiger partial charge on any atom is -0.349 e. The molecule has 2 aromatic carbocycles. The standard InChI is InChI=1S/C27H29N3O/c1-19-14-23(17-28-16-19)27(31)29-25-10-11-26-24(25)12-13-30(26)18-20-6-5-9-22(15-20)21-7-3-2-4-8-21/h2-9,14-17,24-26H,10-13,18H2,1H3,(H,29,31). The number of hydrogen-bond acceptors (Lipinski definition) is 3. The summed E-state index contributed by atoms with van der Waals surface area (Å²) < 4.78 is 0. The van der Waals surface area contributed by atoms with Gasteiger partial charge in [-0.1, -0.05) is 48.5 Å². The van der Waals surface area contributed by atoms with E-state index in [1.54, 1.807) is 12.4 Å². The molecule has 5 rings (SSSR count). The molecule has 1 saturated carbocycles. The van der Waals surface area contributed by atoms with Gasteiger partial charge in [0, 0.05) is 31.0 Å². The second-order valence-electron chi connectivity index (χ2n) is 8.97. The molecule has 1 aromatic heterocycles. The summed E-state index contributed by atoms with van der Waals surface area (Å²) in [5, 5.41) is 3.30. The van der Waals surface area contributed by atoms with Crippen LogP contribution in [0.25, 0.3) is 11.1 Å². The monoisotopic (exact) mass is 411 g/mol. The Bertz CT molecular complexity index is 1060. The third-order valence-corrected chi connectivity index (χ3v) is 6.88. The van der Waals surface area contributed by atoms with Crippen LogP contribution in [0.1, 0.15) is 40.7 Å². The number of amides is 1.